The molecule has 1 atom stereocenters. The largest absolute Gasteiger partial charge is 0.376 e. The number of hydrogen-bond donors (Lipinski definition) is 0. The zero-order valence-corrected chi connectivity index (χ0v) is 31.3. The maximum absolute atomic E-state index is 5.27. The number of methoxy groups -OCH3 is 2. The van der Waals surface area contributed by atoms with Crippen LogP contribution in [0.1, 0.15) is 86.3 Å². The lowest BCUT2D eigenvalue weighted by Gasteiger charge is -2.38. The summed E-state index contributed by atoms with van der Waals surface area (Å²) in [6.45, 7) is 23.6. The molecule has 0 radical (unpaired) electrons. The van der Waals surface area contributed by atoms with E-state index in [2.05, 4.69) is 149 Å². The van der Waals surface area contributed by atoms with Crippen molar-refractivity contribution < 1.29 is 9.47 Å². The summed E-state index contributed by atoms with van der Waals surface area (Å²) < 4.78 is 10.5. The molecule has 3 aromatic carbocycles. The van der Waals surface area contributed by atoms with Crippen LogP contribution in [0.3, 0.4) is 0 Å². The van der Waals surface area contributed by atoms with Crippen LogP contribution in [0, 0.1) is 5.92 Å². The van der Waals surface area contributed by atoms with Crippen LogP contribution in [0.25, 0.3) is 16.7 Å². The van der Waals surface area contributed by atoms with Gasteiger partial charge in [0, 0.05) is 36.7 Å². The summed E-state index contributed by atoms with van der Waals surface area (Å²) in [5.74, 6) is 0.561. The predicted molar refractivity (Wildman–Crippen MR) is 208 cm³/mol. The molecule has 3 nitrogen and oxygen atoms in total. The van der Waals surface area contributed by atoms with Crippen LogP contribution in [0.4, 0.5) is 11.4 Å². The van der Waals surface area contributed by atoms with Gasteiger partial charge in [-0.2, -0.15) is 0 Å². The molecule has 48 heavy (non-hydrogen) atoms. The first kappa shape index (κ1) is 36.9. The molecule has 3 aromatic rings. The summed E-state index contributed by atoms with van der Waals surface area (Å²) in [6, 6.07) is 26.6. The van der Waals surface area contributed by atoms with E-state index >= 15 is 0 Å². The zero-order chi connectivity index (χ0) is 35.3. The highest BCUT2D eigenvalue weighted by atomic mass is 16.5. The molecule has 2 aliphatic carbocycles. The molecule has 5 rings (SSSR count). The van der Waals surface area contributed by atoms with Gasteiger partial charge in [0.25, 0.3) is 0 Å². The van der Waals surface area contributed by atoms with Crippen LogP contribution in [-0.2, 0) is 14.9 Å². The summed E-state index contributed by atoms with van der Waals surface area (Å²) in [5, 5.41) is 0. The molecule has 0 aromatic heterocycles. The van der Waals surface area contributed by atoms with Crippen LogP contribution in [0.5, 0.6) is 0 Å². The van der Waals surface area contributed by atoms with E-state index in [0.717, 1.165) is 12.8 Å². The van der Waals surface area contributed by atoms with Gasteiger partial charge in [0.1, 0.15) is 0 Å². The number of ether oxygens (including phenoxy) is 2. The topological polar surface area (TPSA) is 21.7 Å². The fourth-order valence-corrected chi connectivity index (χ4v) is 6.51. The molecule has 3 heteroatoms. The lowest BCUT2D eigenvalue weighted by atomic mass is 9.80. The molecular weight excluding hydrogens is 587 g/mol. The monoisotopic (exact) mass is 643 g/mol. The number of benzene rings is 3. The van der Waals surface area contributed by atoms with Crippen molar-refractivity contribution in [2.45, 2.75) is 91.8 Å². The van der Waals surface area contributed by atoms with E-state index in [-0.39, 0.29) is 16.6 Å². The van der Waals surface area contributed by atoms with Crippen LogP contribution in [-0.4, -0.2) is 25.4 Å². The molecule has 0 bridgehead atoms. The van der Waals surface area contributed by atoms with E-state index in [1.807, 2.05) is 27.7 Å². The van der Waals surface area contributed by atoms with Crippen molar-refractivity contribution in [3.05, 3.63) is 138 Å². The lowest BCUT2D eigenvalue weighted by molar-refractivity contribution is -0.147. The number of nitrogens with zero attached hydrogens (tertiary/aromatic N) is 1. The Hall–Kier alpha value is -3.92. The normalized spacial score (nSPS) is 17.4. The molecule has 0 N–H and O–H groups in total. The van der Waals surface area contributed by atoms with Crippen molar-refractivity contribution in [1.82, 2.24) is 0 Å². The predicted octanol–water partition coefficient (Wildman–Crippen LogP) is 12.4. The first-order chi connectivity index (χ1) is 22.8. The van der Waals surface area contributed by atoms with Crippen molar-refractivity contribution in [2.75, 3.05) is 19.1 Å². The third-order valence-electron chi connectivity index (χ3n) is 10.6. The molecule has 2 aliphatic rings. The van der Waals surface area contributed by atoms with Gasteiger partial charge in [-0.1, -0.05) is 107 Å². The summed E-state index contributed by atoms with van der Waals surface area (Å²) >= 11 is 0. The Morgan fingerprint density at radius 2 is 1.52 bits per heavy atom. The number of rotatable bonds is 10. The van der Waals surface area contributed by atoms with Crippen molar-refractivity contribution in [2.24, 2.45) is 5.92 Å². The second kappa shape index (κ2) is 15.1. The highest BCUT2D eigenvalue weighted by Gasteiger charge is 2.38. The number of fused-ring (bicyclic) bond motifs is 1. The number of allylic oxidation sites excluding steroid dienone is 8. The van der Waals surface area contributed by atoms with E-state index in [4.69, 9.17) is 9.47 Å². The standard InChI is InChI=1S/C37H39N.C8H18O2/c1-7-27(8-2)36-33-23-22-32(25-35(33)37(5,6)34(36)9-3)38(30-20-18-26(4)19-21-30)31-17-13-16-29(24-31)28-14-11-10-12-15-28;1-7(2,9-5)8(3,4)10-6/h7,9-18,20-26H,3,8,19H2,1-2,4-6H3;1-6H3/b27-7-;. The zero-order valence-electron chi connectivity index (χ0n) is 31.3. The van der Waals surface area contributed by atoms with Gasteiger partial charge in [-0.3, -0.25) is 0 Å². The Labute approximate surface area is 291 Å². The summed E-state index contributed by atoms with van der Waals surface area (Å²) in [7, 11) is 3.39. The summed E-state index contributed by atoms with van der Waals surface area (Å²) in [4.78, 5) is 2.42. The van der Waals surface area contributed by atoms with Gasteiger partial charge in [-0.15, -0.1) is 0 Å². The van der Waals surface area contributed by atoms with Crippen molar-refractivity contribution in [1.29, 1.82) is 0 Å². The maximum atomic E-state index is 5.27. The maximum Gasteiger partial charge on any atom is 0.0905 e. The fraction of sp³-hybridized carbons (Fsp3) is 0.378. The van der Waals surface area contributed by atoms with Gasteiger partial charge in [0.15, 0.2) is 0 Å². The molecule has 0 fully saturated rings. The van der Waals surface area contributed by atoms with Gasteiger partial charge >= 0.3 is 0 Å². The SMILES string of the molecule is C=CC1=C(/C(=C\C)CC)c2ccc(N(C3=CCC(C)C=C3)c3cccc(-c4ccccc4)c3)cc2C1(C)C.COC(C)(C)C(C)(C)OC. The molecule has 0 amide bonds. The Morgan fingerprint density at radius 3 is 2.06 bits per heavy atom. The highest BCUT2D eigenvalue weighted by Crippen LogP contribution is 2.51. The van der Waals surface area contributed by atoms with Crippen molar-refractivity contribution in [3.63, 3.8) is 0 Å². The minimum atomic E-state index is -0.234. The van der Waals surface area contributed by atoms with Crippen LogP contribution < -0.4 is 4.90 Å². The van der Waals surface area contributed by atoms with Crippen molar-refractivity contribution >= 4 is 16.9 Å². The molecule has 0 saturated heterocycles. The lowest BCUT2D eigenvalue weighted by Crippen LogP contribution is -2.48. The molecule has 0 saturated carbocycles. The first-order valence-corrected chi connectivity index (χ1v) is 17.4. The van der Waals surface area contributed by atoms with Gasteiger partial charge in [-0.25, -0.2) is 0 Å². The van der Waals surface area contributed by atoms with E-state index < -0.39 is 0 Å². The van der Waals surface area contributed by atoms with E-state index in [1.54, 1.807) is 14.2 Å². The van der Waals surface area contributed by atoms with Crippen LogP contribution in [0.15, 0.2) is 127 Å². The molecule has 0 heterocycles. The fourth-order valence-electron chi connectivity index (χ4n) is 6.51. The Morgan fingerprint density at radius 1 is 0.896 bits per heavy atom. The Balaban J connectivity index is 0.000000453. The van der Waals surface area contributed by atoms with Gasteiger partial charge in [-0.05, 0) is 123 Å². The Kier molecular flexibility index (Phi) is 11.6. The number of hydrogen-bond acceptors (Lipinski definition) is 3. The van der Waals surface area contributed by atoms with E-state index in [9.17, 15) is 0 Å². The van der Waals surface area contributed by atoms with E-state index in [1.165, 1.54) is 56.0 Å². The van der Waals surface area contributed by atoms with E-state index in [0.29, 0.717) is 5.92 Å². The second-order valence-corrected chi connectivity index (χ2v) is 14.4. The minimum absolute atomic E-state index is 0.116. The highest BCUT2D eigenvalue weighted by molar-refractivity contribution is 5.92. The average Bonchev–Trinajstić information content (AvgIpc) is 3.32. The molecule has 0 aliphatic heterocycles. The quantitative estimate of drug-likeness (QED) is 0.219. The molecular formula is C45H57NO2. The third kappa shape index (κ3) is 7.38. The number of anilines is 2. The van der Waals surface area contributed by atoms with Crippen molar-refractivity contribution in [3.8, 4) is 11.1 Å². The smallest absolute Gasteiger partial charge is 0.0905 e. The average molecular weight is 644 g/mol. The molecule has 1 unspecified atom stereocenters. The summed E-state index contributed by atoms with van der Waals surface area (Å²) in [6.07, 6.45) is 13.4. The summed E-state index contributed by atoms with van der Waals surface area (Å²) in [5.41, 5.74) is 12.2. The minimum Gasteiger partial charge on any atom is -0.376 e. The second-order valence-electron chi connectivity index (χ2n) is 14.4. The Bertz CT molecular complexity index is 1700. The van der Waals surface area contributed by atoms with Crippen LogP contribution >= 0.6 is 0 Å². The van der Waals surface area contributed by atoms with Crippen LogP contribution in [0.2, 0.25) is 0 Å². The first-order valence-electron chi connectivity index (χ1n) is 17.4. The van der Waals surface area contributed by atoms with Gasteiger partial charge in [0.05, 0.1) is 11.2 Å². The molecule has 0 spiro atoms. The van der Waals surface area contributed by atoms with Gasteiger partial charge < -0.3 is 14.4 Å². The third-order valence-corrected chi connectivity index (χ3v) is 10.6. The van der Waals surface area contributed by atoms with Gasteiger partial charge in [0.2, 0.25) is 0 Å². The molecule has 254 valence electrons.